The number of benzene rings is 1. The van der Waals surface area contributed by atoms with Crippen molar-refractivity contribution in [3.63, 3.8) is 0 Å². The van der Waals surface area contributed by atoms with Gasteiger partial charge in [-0.15, -0.1) is 0 Å². The number of hydrogen-bond acceptors (Lipinski definition) is 4. The summed E-state index contributed by atoms with van der Waals surface area (Å²) < 4.78 is 0. The van der Waals surface area contributed by atoms with E-state index < -0.39 is 11.9 Å². The third-order valence-corrected chi connectivity index (χ3v) is 4.47. The van der Waals surface area contributed by atoms with Gasteiger partial charge in [0.25, 0.3) is 0 Å². The molecule has 0 saturated heterocycles. The minimum Gasteiger partial charge on any atom is -0.481 e. The van der Waals surface area contributed by atoms with E-state index >= 15 is 0 Å². The molecule has 2 aromatic rings. The molecule has 1 aliphatic carbocycles. The fraction of sp³-hybridized carbons (Fsp3) is 0.333. The van der Waals surface area contributed by atoms with Crippen LogP contribution in [0.15, 0.2) is 36.8 Å². The second-order valence-electron chi connectivity index (χ2n) is 6.11. The summed E-state index contributed by atoms with van der Waals surface area (Å²) in [7, 11) is 0. The van der Waals surface area contributed by atoms with E-state index in [-0.39, 0.29) is 11.8 Å². The van der Waals surface area contributed by atoms with E-state index in [4.69, 9.17) is 5.11 Å². The van der Waals surface area contributed by atoms with Crippen molar-refractivity contribution in [1.82, 2.24) is 9.97 Å². The standard InChI is InChI=1S/C18H19N3O3/c1-11(18(23)24)12-3-2-4-15(8-12)21-17(22)13-5-6-16-14(7-13)9-19-10-20-16/h2-4,8-11,13H,5-7H2,1H3,(H,21,22)(H,23,24). The van der Waals surface area contributed by atoms with Crippen molar-refractivity contribution in [2.45, 2.75) is 32.1 Å². The summed E-state index contributed by atoms with van der Waals surface area (Å²) >= 11 is 0. The van der Waals surface area contributed by atoms with Crippen LogP contribution in [-0.4, -0.2) is 27.0 Å². The van der Waals surface area contributed by atoms with Gasteiger partial charge in [-0.2, -0.15) is 0 Å². The Morgan fingerprint density at radius 3 is 3.00 bits per heavy atom. The minimum absolute atomic E-state index is 0.0513. The molecule has 0 bridgehead atoms. The fourth-order valence-corrected chi connectivity index (χ4v) is 2.95. The zero-order chi connectivity index (χ0) is 17.1. The Morgan fingerprint density at radius 1 is 1.38 bits per heavy atom. The van der Waals surface area contributed by atoms with Gasteiger partial charge in [0.2, 0.25) is 5.91 Å². The molecule has 6 heteroatoms. The predicted octanol–water partition coefficient (Wildman–Crippen LogP) is 2.41. The summed E-state index contributed by atoms with van der Waals surface area (Å²) in [6.07, 6.45) is 5.46. The molecule has 2 unspecified atom stereocenters. The number of nitrogens with one attached hydrogen (secondary N) is 1. The summed E-state index contributed by atoms with van der Waals surface area (Å²) in [4.78, 5) is 31.9. The van der Waals surface area contributed by atoms with E-state index in [1.54, 1.807) is 37.4 Å². The number of aryl methyl sites for hydroxylation is 1. The van der Waals surface area contributed by atoms with Gasteiger partial charge in [-0.1, -0.05) is 12.1 Å². The van der Waals surface area contributed by atoms with Crippen LogP contribution in [0, 0.1) is 5.92 Å². The highest BCUT2D eigenvalue weighted by molar-refractivity contribution is 5.93. The van der Waals surface area contributed by atoms with Gasteiger partial charge in [-0.3, -0.25) is 9.59 Å². The second-order valence-corrected chi connectivity index (χ2v) is 6.11. The number of carboxylic acids is 1. The topological polar surface area (TPSA) is 92.2 Å². The van der Waals surface area contributed by atoms with Gasteiger partial charge in [-0.05, 0) is 49.4 Å². The predicted molar refractivity (Wildman–Crippen MR) is 88.7 cm³/mol. The van der Waals surface area contributed by atoms with Crippen molar-refractivity contribution in [2.75, 3.05) is 5.32 Å². The van der Waals surface area contributed by atoms with E-state index in [2.05, 4.69) is 15.3 Å². The number of rotatable bonds is 4. The molecule has 0 fully saturated rings. The van der Waals surface area contributed by atoms with Crippen LogP contribution < -0.4 is 5.32 Å². The Morgan fingerprint density at radius 2 is 2.21 bits per heavy atom. The van der Waals surface area contributed by atoms with Crippen molar-refractivity contribution in [1.29, 1.82) is 0 Å². The Kier molecular flexibility index (Phi) is 4.55. The molecule has 1 aromatic carbocycles. The molecular formula is C18H19N3O3. The number of hydrogen-bond donors (Lipinski definition) is 2. The molecule has 6 nitrogen and oxygen atoms in total. The van der Waals surface area contributed by atoms with Crippen LogP contribution in [0.2, 0.25) is 0 Å². The first-order chi connectivity index (χ1) is 11.5. The van der Waals surface area contributed by atoms with Crippen LogP contribution >= 0.6 is 0 Å². The lowest BCUT2D eigenvalue weighted by Crippen LogP contribution is -2.28. The first-order valence-corrected chi connectivity index (χ1v) is 7.96. The van der Waals surface area contributed by atoms with Gasteiger partial charge in [0.05, 0.1) is 5.92 Å². The maximum absolute atomic E-state index is 12.5. The van der Waals surface area contributed by atoms with Crippen LogP contribution in [0.1, 0.15) is 36.1 Å². The van der Waals surface area contributed by atoms with E-state index in [1.807, 2.05) is 0 Å². The van der Waals surface area contributed by atoms with E-state index in [0.717, 1.165) is 24.1 Å². The van der Waals surface area contributed by atoms with Gasteiger partial charge < -0.3 is 10.4 Å². The molecule has 0 saturated carbocycles. The highest BCUT2D eigenvalue weighted by Crippen LogP contribution is 2.25. The van der Waals surface area contributed by atoms with E-state index in [1.165, 1.54) is 6.33 Å². The first-order valence-electron chi connectivity index (χ1n) is 7.96. The molecule has 1 aromatic heterocycles. The number of nitrogens with zero attached hydrogens (tertiary/aromatic N) is 2. The molecule has 2 N–H and O–H groups in total. The van der Waals surface area contributed by atoms with E-state index in [0.29, 0.717) is 17.7 Å². The minimum atomic E-state index is -0.887. The van der Waals surface area contributed by atoms with Gasteiger partial charge in [0.15, 0.2) is 0 Å². The number of carboxylic acid groups (broad SMARTS) is 1. The molecule has 2 atom stereocenters. The van der Waals surface area contributed by atoms with Crippen LogP contribution in [0.4, 0.5) is 5.69 Å². The second kappa shape index (κ2) is 6.78. The zero-order valence-electron chi connectivity index (χ0n) is 13.4. The van der Waals surface area contributed by atoms with Gasteiger partial charge in [-0.25, -0.2) is 9.97 Å². The number of carbonyl (C=O) groups excluding carboxylic acids is 1. The third-order valence-electron chi connectivity index (χ3n) is 4.47. The SMILES string of the molecule is CC(C(=O)O)c1cccc(NC(=O)C2CCc3ncncc3C2)c1. The van der Waals surface area contributed by atoms with Crippen LogP contribution in [0.3, 0.4) is 0 Å². The largest absolute Gasteiger partial charge is 0.481 e. The summed E-state index contributed by atoms with van der Waals surface area (Å²) in [6, 6.07) is 7.00. The van der Waals surface area contributed by atoms with Gasteiger partial charge >= 0.3 is 5.97 Å². The van der Waals surface area contributed by atoms with Gasteiger partial charge in [0.1, 0.15) is 6.33 Å². The summed E-state index contributed by atoms with van der Waals surface area (Å²) in [5.74, 6) is -1.67. The summed E-state index contributed by atoms with van der Waals surface area (Å²) in [5.41, 5.74) is 3.34. The molecular weight excluding hydrogens is 306 g/mol. The molecule has 3 rings (SSSR count). The average Bonchev–Trinajstić information content (AvgIpc) is 2.60. The van der Waals surface area contributed by atoms with Crippen molar-refractivity contribution >= 4 is 17.6 Å². The number of fused-ring (bicyclic) bond motifs is 1. The molecule has 0 radical (unpaired) electrons. The Balaban J connectivity index is 1.70. The highest BCUT2D eigenvalue weighted by atomic mass is 16.4. The quantitative estimate of drug-likeness (QED) is 0.900. The Labute approximate surface area is 140 Å². The normalized spacial score (nSPS) is 17.6. The van der Waals surface area contributed by atoms with Crippen molar-refractivity contribution in [3.8, 4) is 0 Å². The molecule has 124 valence electrons. The maximum Gasteiger partial charge on any atom is 0.310 e. The number of carbonyl (C=O) groups is 2. The van der Waals surface area contributed by atoms with E-state index in [9.17, 15) is 9.59 Å². The summed E-state index contributed by atoms with van der Waals surface area (Å²) in [5, 5.41) is 12.0. The number of aliphatic carboxylic acids is 1. The molecule has 1 aliphatic rings. The lowest BCUT2D eigenvalue weighted by Gasteiger charge is -2.22. The van der Waals surface area contributed by atoms with Crippen molar-refractivity contribution in [2.24, 2.45) is 5.92 Å². The lowest BCUT2D eigenvalue weighted by atomic mass is 9.86. The van der Waals surface area contributed by atoms with Crippen molar-refractivity contribution in [3.05, 3.63) is 53.6 Å². The number of amides is 1. The Hall–Kier alpha value is -2.76. The molecule has 24 heavy (non-hydrogen) atoms. The lowest BCUT2D eigenvalue weighted by molar-refractivity contribution is -0.138. The van der Waals surface area contributed by atoms with Gasteiger partial charge in [0, 0.05) is 23.5 Å². The molecule has 0 aliphatic heterocycles. The number of aromatic nitrogens is 2. The highest BCUT2D eigenvalue weighted by Gasteiger charge is 2.25. The maximum atomic E-state index is 12.5. The molecule has 1 heterocycles. The average molecular weight is 325 g/mol. The van der Waals surface area contributed by atoms with Crippen LogP contribution in [-0.2, 0) is 22.4 Å². The summed E-state index contributed by atoms with van der Waals surface area (Å²) in [6.45, 7) is 1.63. The third kappa shape index (κ3) is 3.42. The van der Waals surface area contributed by atoms with Crippen molar-refractivity contribution < 1.29 is 14.7 Å². The van der Waals surface area contributed by atoms with Crippen LogP contribution in [0.25, 0.3) is 0 Å². The Bertz CT molecular complexity index is 776. The smallest absolute Gasteiger partial charge is 0.310 e. The van der Waals surface area contributed by atoms with Crippen LogP contribution in [0.5, 0.6) is 0 Å². The molecule has 1 amide bonds. The monoisotopic (exact) mass is 325 g/mol. The first kappa shape index (κ1) is 16.1. The molecule has 0 spiro atoms. The number of anilines is 1. The fourth-order valence-electron chi connectivity index (χ4n) is 2.95. The zero-order valence-corrected chi connectivity index (χ0v) is 13.4.